The van der Waals surface area contributed by atoms with Crippen molar-refractivity contribution in [2.24, 2.45) is 0 Å². The van der Waals surface area contributed by atoms with Crippen molar-refractivity contribution in [1.82, 2.24) is 9.29 Å². The summed E-state index contributed by atoms with van der Waals surface area (Å²) in [5, 5.41) is 0. The van der Waals surface area contributed by atoms with Crippen LogP contribution < -0.4 is 4.74 Å². The zero-order chi connectivity index (χ0) is 15.7. The van der Waals surface area contributed by atoms with Crippen molar-refractivity contribution in [3.63, 3.8) is 0 Å². The standard InChI is InChI=1S/C14H19FN2O4S/c1-2-22(18,19)17-8-9-20-12-6-5-11(17)13(12)21-14-10(15)4-3-7-16-14/h3-4,7,11-13H,2,5-6,8-9H2,1H3/t11-,12-,13+/m0/s1. The molecule has 6 nitrogen and oxygen atoms in total. The maximum Gasteiger partial charge on any atom is 0.250 e. The summed E-state index contributed by atoms with van der Waals surface area (Å²) in [5.74, 6) is -0.640. The summed E-state index contributed by atoms with van der Waals surface area (Å²) in [6, 6.07) is 2.41. The van der Waals surface area contributed by atoms with Crippen LogP contribution in [-0.2, 0) is 14.8 Å². The Morgan fingerprint density at radius 1 is 1.50 bits per heavy atom. The molecule has 2 aliphatic rings. The van der Waals surface area contributed by atoms with E-state index in [0.717, 1.165) is 0 Å². The van der Waals surface area contributed by atoms with Gasteiger partial charge in [0.25, 0.3) is 5.88 Å². The van der Waals surface area contributed by atoms with Gasteiger partial charge in [0.15, 0.2) is 5.82 Å². The van der Waals surface area contributed by atoms with Crippen LogP contribution in [0.2, 0.25) is 0 Å². The second-order valence-corrected chi connectivity index (χ2v) is 7.65. The molecule has 22 heavy (non-hydrogen) atoms. The summed E-state index contributed by atoms with van der Waals surface area (Å²) < 4.78 is 51.2. The normalized spacial score (nSPS) is 29.3. The lowest BCUT2D eigenvalue weighted by Crippen LogP contribution is -2.48. The van der Waals surface area contributed by atoms with Crippen LogP contribution in [0.4, 0.5) is 4.39 Å². The minimum Gasteiger partial charge on any atom is -0.468 e. The summed E-state index contributed by atoms with van der Waals surface area (Å²) in [6.45, 7) is 2.24. The van der Waals surface area contributed by atoms with E-state index in [9.17, 15) is 12.8 Å². The van der Waals surface area contributed by atoms with Crippen LogP contribution >= 0.6 is 0 Å². The molecule has 0 radical (unpaired) electrons. The fourth-order valence-corrected chi connectivity index (χ4v) is 4.43. The van der Waals surface area contributed by atoms with Crippen molar-refractivity contribution in [3.05, 3.63) is 24.1 Å². The second-order valence-electron chi connectivity index (χ2n) is 5.44. The van der Waals surface area contributed by atoms with Crippen LogP contribution in [0.15, 0.2) is 18.3 Å². The third kappa shape index (κ3) is 2.82. The Kier molecular flexibility index (Phi) is 4.33. The fraction of sp³-hybridized carbons (Fsp3) is 0.643. The predicted octanol–water partition coefficient (Wildman–Crippen LogP) is 1.18. The summed E-state index contributed by atoms with van der Waals surface area (Å²) in [5.41, 5.74) is 0. The molecular weight excluding hydrogens is 311 g/mol. The van der Waals surface area contributed by atoms with E-state index in [1.807, 2.05) is 0 Å². The molecule has 3 rings (SSSR count). The van der Waals surface area contributed by atoms with E-state index in [0.29, 0.717) is 26.0 Å². The molecule has 1 aromatic heterocycles. The van der Waals surface area contributed by atoms with Crippen LogP contribution in [0.5, 0.6) is 5.88 Å². The predicted molar refractivity (Wildman–Crippen MR) is 77.5 cm³/mol. The summed E-state index contributed by atoms with van der Waals surface area (Å²) in [7, 11) is -3.36. The average Bonchev–Trinajstić information content (AvgIpc) is 2.76. The van der Waals surface area contributed by atoms with Gasteiger partial charge < -0.3 is 9.47 Å². The molecule has 0 aromatic carbocycles. The first-order chi connectivity index (χ1) is 10.5. The van der Waals surface area contributed by atoms with Gasteiger partial charge in [-0.1, -0.05) is 0 Å². The molecule has 3 atom stereocenters. The smallest absolute Gasteiger partial charge is 0.250 e. The Bertz CT molecular complexity index is 639. The number of halogens is 1. The van der Waals surface area contributed by atoms with Gasteiger partial charge in [-0.15, -0.1) is 0 Å². The Balaban J connectivity index is 1.88. The molecule has 1 aromatic rings. The lowest BCUT2D eigenvalue weighted by atomic mass is 10.2. The Labute approximate surface area is 129 Å². The lowest BCUT2D eigenvalue weighted by molar-refractivity contribution is 0.000678. The number of ether oxygens (including phenoxy) is 2. The summed E-state index contributed by atoms with van der Waals surface area (Å²) >= 11 is 0. The van der Waals surface area contributed by atoms with E-state index < -0.39 is 21.9 Å². The second kappa shape index (κ2) is 6.10. The number of hydrogen-bond donors (Lipinski definition) is 0. The Morgan fingerprint density at radius 3 is 3.05 bits per heavy atom. The van der Waals surface area contributed by atoms with E-state index in [2.05, 4.69) is 4.98 Å². The monoisotopic (exact) mass is 330 g/mol. The summed E-state index contributed by atoms with van der Waals surface area (Å²) in [6.07, 6.45) is 2.01. The molecule has 1 saturated heterocycles. The van der Waals surface area contributed by atoms with Gasteiger partial charge in [0, 0.05) is 12.7 Å². The van der Waals surface area contributed by atoms with Gasteiger partial charge in [0.1, 0.15) is 6.10 Å². The van der Waals surface area contributed by atoms with Gasteiger partial charge in [0.2, 0.25) is 10.0 Å². The van der Waals surface area contributed by atoms with E-state index in [1.54, 1.807) is 6.92 Å². The minimum absolute atomic E-state index is 0.0266. The van der Waals surface area contributed by atoms with Crippen molar-refractivity contribution >= 4 is 10.0 Å². The molecule has 0 amide bonds. The Hall–Kier alpha value is -1.25. The third-order valence-corrected chi connectivity index (χ3v) is 6.10. The molecule has 0 unspecified atom stereocenters. The Morgan fingerprint density at radius 2 is 2.32 bits per heavy atom. The molecule has 1 aliphatic carbocycles. The third-order valence-electron chi connectivity index (χ3n) is 4.20. The summed E-state index contributed by atoms with van der Waals surface area (Å²) in [4.78, 5) is 3.89. The maximum atomic E-state index is 13.8. The largest absolute Gasteiger partial charge is 0.468 e. The van der Waals surface area contributed by atoms with Gasteiger partial charge in [-0.3, -0.25) is 0 Å². The van der Waals surface area contributed by atoms with Crippen molar-refractivity contribution in [2.75, 3.05) is 18.9 Å². The van der Waals surface area contributed by atoms with Gasteiger partial charge in [-0.25, -0.2) is 17.8 Å². The van der Waals surface area contributed by atoms with E-state index >= 15 is 0 Å². The maximum absolute atomic E-state index is 13.8. The van der Waals surface area contributed by atoms with Crippen molar-refractivity contribution < 1.29 is 22.3 Å². The number of fused-ring (bicyclic) bond motifs is 2. The number of rotatable bonds is 4. The van der Waals surface area contributed by atoms with Crippen molar-refractivity contribution in [1.29, 1.82) is 0 Å². The molecule has 8 heteroatoms. The van der Waals surface area contributed by atoms with Gasteiger partial charge in [-0.2, -0.15) is 4.31 Å². The highest BCUT2D eigenvalue weighted by molar-refractivity contribution is 7.89. The van der Waals surface area contributed by atoms with Gasteiger partial charge >= 0.3 is 0 Å². The van der Waals surface area contributed by atoms with Crippen LogP contribution in [0.25, 0.3) is 0 Å². The highest BCUT2D eigenvalue weighted by Crippen LogP contribution is 2.34. The highest BCUT2D eigenvalue weighted by atomic mass is 32.2. The van der Waals surface area contributed by atoms with Gasteiger partial charge in [0.05, 0.1) is 24.5 Å². The molecular formula is C14H19FN2O4S. The molecule has 1 saturated carbocycles. The van der Waals surface area contributed by atoms with Crippen LogP contribution in [0.3, 0.4) is 0 Å². The first-order valence-corrected chi connectivity index (χ1v) is 9.02. The van der Waals surface area contributed by atoms with Crippen LogP contribution in [0, 0.1) is 5.82 Å². The molecule has 0 spiro atoms. The number of pyridine rings is 1. The fourth-order valence-electron chi connectivity index (χ4n) is 3.11. The SMILES string of the molecule is CCS(=O)(=O)N1CCO[C@H]2CC[C@H]1[C@H]2Oc1ncccc1F. The molecule has 0 N–H and O–H groups in total. The van der Waals surface area contributed by atoms with Crippen LogP contribution in [0.1, 0.15) is 19.8 Å². The average molecular weight is 330 g/mol. The highest BCUT2D eigenvalue weighted by Gasteiger charge is 2.47. The van der Waals surface area contributed by atoms with Gasteiger partial charge in [-0.05, 0) is 31.9 Å². The number of sulfonamides is 1. The van der Waals surface area contributed by atoms with E-state index in [1.165, 1.54) is 22.6 Å². The molecule has 2 heterocycles. The molecule has 2 fully saturated rings. The van der Waals surface area contributed by atoms with Crippen molar-refractivity contribution in [3.8, 4) is 5.88 Å². The molecule has 1 aliphatic heterocycles. The molecule has 122 valence electrons. The lowest BCUT2D eigenvalue weighted by Gasteiger charge is -2.30. The van der Waals surface area contributed by atoms with E-state index in [4.69, 9.17) is 9.47 Å². The first kappa shape index (κ1) is 15.6. The van der Waals surface area contributed by atoms with Crippen molar-refractivity contribution in [2.45, 2.75) is 38.0 Å². The van der Waals surface area contributed by atoms with Crippen LogP contribution in [-0.4, -0.2) is 54.9 Å². The number of hydrogen-bond acceptors (Lipinski definition) is 5. The van der Waals surface area contributed by atoms with E-state index in [-0.39, 0.29) is 23.8 Å². The first-order valence-electron chi connectivity index (χ1n) is 7.41. The minimum atomic E-state index is -3.36. The molecule has 2 bridgehead atoms. The zero-order valence-corrected chi connectivity index (χ0v) is 13.1. The number of aromatic nitrogens is 1. The number of nitrogens with zero attached hydrogens (tertiary/aromatic N) is 2. The topological polar surface area (TPSA) is 68.7 Å². The zero-order valence-electron chi connectivity index (χ0n) is 12.3. The quantitative estimate of drug-likeness (QED) is 0.829.